The number of nitrogens with zero attached hydrogens (tertiary/aromatic N) is 1. The molecule has 15 heavy (non-hydrogen) atoms. The number of carbonyl (C=O) groups excluding carboxylic acids is 1. The normalized spacial score (nSPS) is 20.7. The van der Waals surface area contributed by atoms with Gasteiger partial charge in [-0.3, -0.25) is 4.79 Å². The fraction of sp³-hybridized carbons (Fsp3) is 0.364. The number of benzene rings is 1. The van der Waals surface area contributed by atoms with Crippen molar-refractivity contribution < 1.29 is 4.79 Å². The minimum atomic E-state index is 0.0966. The Bertz CT molecular complexity index is 363. The first-order valence-electron chi connectivity index (χ1n) is 4.97. The highest BCUT2D eigenvalue weighted by Crippen LogP contribution is 2.13. The maximum atomic E-state index is 12.0. The van der Waals surface area contributed by atoms with Gasteiger partial charge in [-0.2, -0.15) is 0 Å². The Balaban J connectivity index is 2.11. The van der Waals surface area contributed by atoms with Gasteiger partial charge in [0.1, 0.15) is 0 Å². The summed E-state index contributed by atoms with van der Waals surface area (Å²) in [7, 11) is 0. The van der Waals surface area contributed by atoms with Crippen LogP contribution in [0, 0.1) is 3.57 Å². The Morgan fingerprint density at radius 2 is 2.07 bits per heavy atom. The quantitative estimate of drug-likeness (QED) is 0.798. The van der Waals surface area contributed by atoms with Crippen LogP contribution in [0.3, 0.4) is 0 Å². The monoisotopic (exact) mass is 316 g/mol. The first-order chi connectivity index (χ1) is 7.16. The summed E-state index contributed by atoms with van der Waals surface area (Å²) in [5.74, 6) is 0.0966. The number of nitrogens with two attached hydrogens (primary N) is 1. The second kappa shape index (κ2) is 4.49. The van der Waals surface area contributed by atoms with E-state index in [-0.39, 0.29) is 11.9 Å². The van der Waals surface area contributed by atoms with E-state index in [1.165, 1.54) is 0 Å². The Hall–Kier alpha value is -0.620. The van der Waals surface area contributed by atoms with Crippen LogP contribution in [0.15, 0.2) is 24.3 Å². The van der Waals surface area contributed by atoms with Gasteiger partial charge in [0.15, 0.2) is 0 Å². The predicted octanol–water partition coefficient (Wildman–Crippen LogP) is 1.46. The van der Waals surface area contributed by atoms with Crippen molar-refractivity contribution in [1.29, 1.82) is 0 Å². The molecular formula is C11H13IN2O. The van der Waals surface area contributed by atoms with Crippen molar-refractivity contribution in [1.82, 2.24) is 4.90 Å². The molecule has 0 aliphatic carbocycles. The third-order valence-corrected chi connectivity index (χ3v) is 3.32. The molecule has 1 amide bonds. The van der Waals surface area contributed by atoms with Gasteiger partial charge in [0.05, 0.1) is 0 Å². The maximum absolute atomic E-state index is 12.0. The molecule has 4 heteroatoms. The predicted molar refractivity (Wildman–Crippen MR) is 67.7 cm³/mol. The molecule has 0 radical (unpaired) electrons. The van der Waals surface area contributed by atoms with Crippen LogP contribution >= 0.6 is 22.6 Å². The number of carbonyl (C=O) groups is 1. The molecule has 1 saturated heterocycles. The summed E-state index contributed by atoms with van der Waals surface area (Å²) < 4.78 is 1.14. The van der Waals surface area contributed by atoms with Crippen molar-refractivity contribution in [3.63, 3.8) is 0 Å². The number of hydrogen-bond donors (Lipinski definition) is 1. The minimum Gasteiger partial charge on any atom is -0.337 e. The first kappa shape index (κ1) is 10.9. The number of halogens is 1. The summed E-state index contributed by atoms with van der Waals surface area (Å²) in [4.78, 5) is 13.8. The zero-order chi connectivity index (χ0) is 10.8. The van der Waals surface area contributed by atoms with Crippen molar-refractivity contribution in [2.45, 2.75) is 12.5 Å². The van der Waals surface area contributed by atoms with Gasteiger partial charge >= 0.3 is 0 Å². The second-order valence-electron chi connectivity index (χ2n) is 3.81. The standard InChI is InChI=1S/C11H13IN2O/c12-9-3-1-8(2-4-9)11(15)14-6-5-10(13)7-14/h1-4,10H,5-7,13H2. The van der Waals surface area contributed by atoms with E-state index < -0.39 is 0 Å². The lowest BCUT2D eigenvalue weighted by Crippen LogP contribution is -2.31. The summed E-state index contributed by atoms with van der Waals surface area (Å²) >= 11 is 2.23. The van der Waals surface area contributed by atoms with Crippen molar-refractivity contribution in [3.05, 3.63) is 33.4 Å². The third-order valence-electron chi connectivity index (χ3n) is 2.60. The SMILES string of the molecule is NC1CCN(C(=O)c2ccc(I)cc2)C1. The molecular weight excluding hydrogens is 303 g/mol. The molecule has 1 aromatic rings. The summed E-state index contributed by atoms with van der Waals surface area (Å²) in [5.41, 5.74) is 6.52. The lowest BCUT2D eigenvalue weighted by molar-refractivity contribution is 0.0791. The molecule has 0 saturated carbocycles. The lowest BCUT2D eigenvalue weighted by Gasteiger charge is -2.15. The molecule has 1 fully saturated rings. The Kier molecular flexibility index (Phi) is 3.25. The molecule has 0 spiro atoms. The van der Waals surface area contributed by atoms with Crippen LogP contribution in [0.2, 0.25) is 0 Å². The summed E-state index contributed by atoms with van der Waals surface area (Å²) in [6, 6.07) is 7.79. The topological polar surface area (TPSA) is 46.3 Å². The molecule has 1 unspecified atom stereocenters. The largest absolute Gasteiger partial charge is 0.337 e. The van der Waals surface area contributed by atoms with E-state index in [9.17, 15) is 4.79 Å². The van der Waals surface area contributed by atoms with Gasteiger partial charge in [0, 0.05) is 28.3 Å². The van der Waals surface area contributed by atoms with Gasteiger partial charge in [-0.25, -0.2) is 0 Å². The van der Waals surface area contributed by atoms with E-state index in [2.05, 4.69) is 22.6 Å². The van der Waals surface area contributed by atoms with Crippen LogP contribution in [-0.2, 0) is 0 Å². The molecule has 1 aliphatic rings. The number of likely N-dealkylation sites (tertiary alicyclic amines) is 1. The minimum absolute atomic E-state index is 0.0966. The van der Waals surface area contributed by atoms with Crippen LogP contribution in [-0.4, -0.2) is 29.9 Å². The smallest absolute Gasteiger partial charge is 0.253 e. The molecule has 1 aliphatic heterocycles. The van der Waals surface area contributed by atoms with Crippen LogP contribution in [0.5, 0.6) is 0 Å². The van der Waals surface area contributed by atoms with Crippen molar-refractivity contribution in [2.24, 2.45) is 5.73 Å². The maximum Gasteiger partial charge on any atom is 0.253 e. The molecule has 0 aromatic heterocycles. The molecule has 1 atom stereocenters. The highest BCUT2D eigenvalue weighted by atomic mass is 127. The van der Waals surface area contributed by atoms with Crippen molar-refractivity contribution >= 4 is 28.5 Å². The van der Waals surface area contributed by atoms with Crippen molar-refractivity contribution in [2.75, 3.05) is 13.1 Å². The van der Waals surface area contributed by atoms with Crippen LogP contribution in [0.25, 0.3) is 0 Å². The van der Waals surface area contributed by atoms with Gasteiger partial charge in [-0.1, -0.05) is 0 Å². The average Bonchev–Trinajstić information content (AvgIpc) is 2.65. The zero-order valence-electron chi connectivity index (χ0n) is 8.32. The summed E-state index contributed by atoms with van der Waals surface area (Å²) in [6.07, 6.45) is 0.913. The molecule has 2 N–H and O–H groups in total. The van der Waals surface area contributed by atoms with Gasteiger partial charge in [0.2, 0.25) is 0 Å². The number of rotatable bonds is 1. The Morgan fingerprint density at radius 1 is 1.40 bits per heavy atom. The average molecular weight is 316 g/mol. The van der Waals surface area contributed by atoms with Gasteiger partial charge in [-0.15, -0.1) is 0 Å². The van der Waals surface area contributed by atoms with Gasteiger partial charge in [0.25, 0.3) is 5.91 Å². The summed E-state index contributed by atoms with van der Waals surface area (Å²) in [5, 5.41) is 0. The fourth-order valence-corrected chi connectivity index (χ4v) is 2.11. The molecule has 80 valence electrons. The Morgan fingerprint density at radius 3 is 2.60 bits per heavy atom. The van der Waals surface area contributed by atoms with E-state index in [1.807, 2.05) is 29.2 Å². The van der Waals surface area contributed by atoms with Gasteiger partial charge < -0.3 is 10.6 Å². The molecule has 1 heterocycles. The number of amides is 1. The molecule has 1 aromatic carbocycles. The molecule has 3 nitrogen and oxygen atoms in total. The highest BCUT2D eigenvalue weighted by molar-refractivity contribution is 14.1. The van der Waals surface area contributed by atoms with E-state index in [1.54, 1.807) is 0 Å². The second-order valence-corrected chi connectivity index (χ2v) is 5.05. The first-order valence-corrected chi connectivity index (χ1v) is 6.05. The highest BCUT2D eigenvalue weighted by Gasteiger charge is 2.24. The third kappa shape index (κ3) is 2.49. The van der Waals surface area contributed by atoms with Crippen molar-refractivity contribution in [3.8, 4) is 0 Å². The van der Waals surface area contributed by atoms with Crippen LogP contribution in [0.1, 0.15) is 16.8 Å². The van der Waals surface area contributed by atoms with Crippen LogP contribution < -0.4 is 5.73 Å². The molecule has 0 bridgehead atoms. The Labute approximate surface area is 103 Å². The zero-order valence-corrected chi connectivity index (χ0v) is 10.5. The number of hydrogen-bond acceptors (Lipinski definition) is 2. The lowest BCUT2D eigenvalue weighted by atomic mass is 10.2. The van der Waals surface area contributed by atoms with Crippen LogP contribution in [0.4, 0.5) is 0 Å². The van der Waals surface area contributed by atoms with E-state index in [4.69, 9.17) is 5.73 Å². The van der Waals surface area contributed by atoms with E-state index >= 15 is 0 Å². The fourth-order valence-electron chi connectivity index (χ4n) is 1.75. The molecule has 2 rings (SSSR count). The van der Waals surface area contributed by atoms with E-state index in [0.29, 0.717) is 6.54 Å². The summed E-state index contributed by atoms with van der Waals surface area (Å²) in [6.45, 7) is 1.47. The van der Waals surface area contributed by atoms with Gasteiger partial charge in [-0.05, 0) is 53.3 Å². The van der Waals surface area contributed by atoms with E-state index in [0.717, 1.165) is 22.1 Å².